The van der Waals surface area contributed by atoms with Crippen molar-refractivity contribution in [2.45, 2.75) is 6.92 Å². The summed E-state index contributed by atoms with van der Waals surface area (Å²) in [6, 6.07) is 1.29. The average molecular weight is 229 g/mol. The van der Waals surface area contributed by atoms with Gasteiger partial charge in [0, 0.05) is 17.2 Å². The van der Waals surface area contributed by atoms with E-state index in [9.17, 15) is 9.18 Å². The number of ether oxygens (including phenoxy) is 1. The summed E-state index contributed by atoms with van der Waals surface area (Å²) in [6.07, 6.45) is 2.02. The van der Waals surface area contributed by atoms with Gasteiger partial charge < -0.3 is 4.74 Å². The lowest BCUT2D eigenvalue weighted by Crippen LogP contribution is -2.00. The fraction of sp³-hybridized carbons (Fsp3) is 0.182. The Morgan fingerprint density at radius 1 is 1.67 bits per heavy atom. The number of carbonyl (C=O) groups excluding carboxylic acids is 1. The van der Waals surface area contributed by atoms with Crippen molar-refractivity contribution in [1.29, 1.82) is 0 Å². The van der Waals surface area contributed by atoms with Gasteiger partial charge in [-0.15, -0.1) is 0 Å². The monoisotopic (exact) mass is 228 g/mol. The van der Waals surface area contributed by atoms with E-state index in [1.165, 1.54) is 19.1 Å². The summed E-state index contributed by atoms with van der Waals surface area (Å²) in [5.41, 5.74) is 0.344. The van der Waals surface area contributed by atoms with Crippen LogP contribution < -0.4 is 4.74 Å². The molecule has 0 aliphatic rings. The topological polar surface area (TPSA) is 26.3 Å². The molecule has 1 aromatic carbocycles. The van der Waals surface area contributed by atoms with Crippen molar-refractivity contribution >= 4 is 17.9 Å². The van der Waals surface area contributed by atoms with Gasteiger partial charge in [0.1, 0.15) is 6.61 Å². The van der Waals surface area contributed by atoms with Crippen LogP contribution in [-0.2, 0) is 0 Å². The zero-order valence-corrected chi connectivity index (χ0v) is 8.97. The van der Waals surface area contributed by atoms with E-state index in [1.807, 2.05) is 0 Å². The highest BCUT2D eigenvalue weighted by Crippen LogP contribution is 2.29. The second kappa shape index (κ2) is 4.94. The molecule has 0 aliphatic carbocycles. The minimum Gasteiger partial charge on any atom is -0.486 e. The number of carbonyl (C=O) groups is 1. The molecular weight excluding hydrogens is 219 g/mol. The van der Waals surface area contributed by atoms with Crippen molar-refractivity contribution in [2.24, 2.45) is 0 Å². The Morgan fingerprint density at radius 3 is 2.87 bits per heavy atom. The lowest BCUT2D eigenvalue weighted by Gasteiger charge is -2.09. The van der Waals surface area contributed by atoms with Gasteiger partial charge in [0.15, 0.2) is 17.9 Å². The van der Waals surface area contributed by atoms with Crippen LogP contribution in [0.2, 0.25) is 5.02 Å². The molecule has 0 fully saturated rings. The van der Waals surface area contributed by atoms with E-state index in [1.54, 1.807) is 0 Å². The van der Waals surface area contributed by atoms with E-state index in [0.717, 1.165) is 0 Å². The number of hydrogen-bond acceptors (Lipinski definition) is 2. The summed E-state index contributed by atoms with van der Waals surface area (Å²) in [5, 5.41) is 0.183. The van der Waals surface area contributed by atoms with E-state index in [4.69, 9.17) is 16.3 Å². The van der Waals surface area contributed by atoms with E-state index in [2.05, 4.69) is 6.58 Å². The lowest BCUT2D eigenvalue weighted by atomic mass is 10.1. The zero-order valence-electron chi connectivity index (χ0n) is 8.22. The van der Waals surface area contributed by atoms with Crippen molar-refractivity contribution in [3.63, 3.8) is 0 Å². The first-order valence-corrected chi connectivity index (χ1v) is 4.67. The highest BCUT2D eigenvalue weighted by molar-refractivity contribution is 6.33. The quantitative estimate of drug-likeness (QED) is 0.585. The largest absolute Gasteiger partial charge is 0.486 e. The molecule has 0 heterocycles. The average Bonchev–Trinajstić information content (AvgIpc) is 2.22. The summed E-state index contributed by atoms with van der Waals surface area (Å²) in [5.74, 6) is -0.536. The molecule has 0 unspecified atom stereocenters. The lowest BCUT2D eigenvalue weighted by molar-refractivity contribution is 0.112. The number of benzene rings is 1. The van der Waals surface area contributed by atoms with Crippen LogP contribution >= 0.6 is 11.6 Å². The molecule has 0 spiro atoms. The SMILES string of the molecule is C=CCOc1cc(Cl)c(C=O)c(C)c1F. The van der Waals surface area contributed by atoms with Gasteiger partial charge in [-0.3, -0.25) is 4.79 Å². The summed E-state index contributed by atoms with van der Waals surface area (Å²) >= 11 is 5.78. The molecule has 0 amide bonds. The second-order valence-corrected chi connectivity index (χ2v) is 3.33. The molecule has 0 saturated heterocycles. The maximum absolute atomic E-state index is 13.6. The van der Waals surface area contributed by atoms with Crippen molar-refractivity contribution < 1.29 is 13.9 Å². The number of hydrogen-bond donors (Lipinski definition) is 0. The molecule has 1 rings (SSSR count). The minimum absolute atomic E-state index is 0.0306. The third kappa shape index (κ3) is 2.36. The highest BCUT2D eigenvalue weighted by atomic mass is 35.5. The molecule has 2 nitrogen and oxygen atoms in total. The van der Waals surface area contributed by atoms with Crippen LogP contribution in [0.25, 0.3) is 0 Å². The third-order valence-electron chi connectivity index (χ3n) is 1.94. The predicted octanol–water partition coefficient (Wildman–Crippen LogP) is 3.16. The molecule has 0 aromatic heterocycles. The van der Waals surface area contributed by atoms with Crippen LogP contribution in [0.4, 0.5) is 4.39 Å². The summed E-state index contributed by atoms with van der Waals surface area (Å²) < 4.78 is 18.6. The fourth-order valence-electron chi connectivity index (χ4n) is 1.14. The fourth-order valence-corrected chi connectivity index (χ4v) is 1.42. The maximum Gasteiger partial charge on any atom is 0.168 e. The van der Waals surface area contributed by atoms with E-state index in [-0.39, 0.29) is 28.5 Å². The van der Waals surface area contributed by atoms with Gasteiger partial charge in [0.05, 0.1) is 5.02 Å². The van der Waals surface area contributed by atoms with Crippen molar-refractivity contribution in [2.75, 3.05) is 6.61 Å². The van der Waals surface area contributed by atoms with Crippen molar-refractivity contribution in [1.82, 2.24) is 0 Å². The van der Waals surface area contributed by atoms with Crippen LogP contribution in [0.15, 0.2) is 18.7 Å². The van der Waals surface area contributed by atoms with Gasteiger partial charge in [-0.1, -0.05) is 24.3 Å². The standard InChI is InChI=1S/C11H10ClFO2/c1-3-4-15-10-5-9(12)8(6-14)7(2)11(10)13/h3,5-6H,1,4H2,2H3. The van der Waals surface area contributed by atoms with E-state index in [0.29, 0.717) is 6.29 Å². The predicted molar refractivity (Wildman–Crippen MR) is 57.2 cm³/mol. The Kier molecular flexibility index (Phi) is 3.86. The zero-order chi connectivity index (χ0) is 11.4. The molecule has 0 N–H and O–H groups in total. The molecular formula is C11H10ClFO2. The molecule has 4 heteroatoms. The summed E-state index contributed by atoms with van der Waals surface area (Å²) in [6.45, 7) is 5.11. The first-order valence-electron chi connectivity index (χ1n) is 4.29. The minimum atomic E-state index is -0.566. The molecule has 0 bridgehead atoms. The highest BCUT2D eigenvalue weighted by Gasteiger charge is 2.14. The number of halogens is 2. The third-order valence-corrected chi connectivity index (χ3v) is 2.25. The number of aldehydes is 1. The van der Waals surface area contributed by atoms with Crippen LogP contribution in [0.1, 0.15) is 15.9 Å². The molecule has 80 valence electrons. The Balaban J connectivity index is 3.20. The molecule has 0 aliphatic heterocycles. The Hall–Kier alpha value is -1.35. The molecule has 1 aromatic rings. The van der Waals surface area contributed by atoms with Crippen LogP contribution in [-0.4, -0.2) is 12.9 Å². The van der Waals surface area contributed by atoms with Gasteiger partial charge in [0.25, 0.3) is 0 Å². The molecule has 0 radical (unpaired) electrons. The van der Waals surface area contributed by atoms with Gasteiger partial charge >= 0.3 is 0 Å². The molecule has 0 atom stereocenters. The molecule has 0 saturated carbocycles. The Bertz CT molecular complexity index is 402. The second-order valence-electron chi connectivity index (χ2n) is 2.93. The summed E-state index contributed by atoms with van der Waals surface area (Å²) in [4.78, 5) is 10.6. The van der Waals surface area contributed by atoms with E-state index >= 15 is 0 Å². The van der Waals surface area contributed by atoms with Gasteiger partial charge in [-0.2, -0.15) is 0 Å². The first-order chi connectivity index (χ1) is 7.11. The van der Waals surface area contributed by atoms with Crippen LogP contribution in [0.5, 0.6) is 5.75 Å². The van der Waals surface area contributed by atoms with E-state index < -0.39 is 5.82 Å². The normalized spacial score (nSPS) is 9.80. The van der Waals surface area contributed by atoms with Crippen LogP contribution in [0, 0.1) is 12.7 Å². The van der Waals surface area contributed by atoms with Crippen molar-refractivity contribution in [3.8, 4) is 5.75 Å². The maximum atomic E-state index is 13.6. The Labute approximate surface area is 92.3 Å². The van der Waals surface area contributed by atoms with Crippen LogP contribution in [0.3, 0.4) is 0 Å². The Morgan fingerprint density at radius 2 is 2.33 bits per heavy atom. The first kappa shape index (κ1) is 11.7. The summed E-state index contributed by atoms with van der Waals surface area (Å²) in [7, 11) is 0. The van der Waals surface area contributed by atoms with Gasteiger partial charge in [0.2, 0.25) is 0 Å². The van der Waals surface area contributed by atoms with Gasteiger partial charge in [-0.05, 0) is 6.92 Å². The molecule has 15 heavy (non-hydrogen) atoms. The van der Waals surface area contributed by atoms with Gasteiger partial charge in [-0.25, -0.2) is 4.39 Å². The number of rotatable bonds is 4. The van der Waals surface area contributed by atoms with Crippen molar-refractivity contribution in [3.05, 3.63) is 40.7 Å². The smallest absolute Gasteiger partial charge is 0.168 e.